The fourth-order valence-electron chi connectivity index (χ4n) is 1.59. The van der Waals surface area contributed by atoms with Gasteiger partial charge in [0.25, 0.3) is 5.91 Å². The Morgan fingerprint density at radius 3 is 2.44 bits per heavy atom. The Morgan fingerprint density at radius 2 is 1.88 bits per heavy atom. The fraction of sp³-hybridized carbons (Fsp3) is 0.154. The van der Waals surface area contributed by atoms with Crippen LogP contribution in [0.3, 0.4) is 0 Å². The molecule has 2 aromatic rings. The van der Waals surface area contributed by atoms with Gasteiger partial charge < -0.3 is 9.47 Å². The van der Waals surface area contributed by atoms with E-state index in [0.717, 1.165) is 5.69 Å². The molecular formula is C13H14N2O. The molecule has 0 aliphatic heterocycles. The smallest absolute Gasteiger partial charge is 0.259 e. The highest BCUT2D eigenvalue weighted by molar-refractivity contribution is 6.05. The third-order valence-corrected chi connectivity index (χ3v) is 2.53. The van der Waals surface area contributed by atoms with Crippen molar-refractivity contribution in [3.8, 4) is 0 Å². The van der Waals surface area contributed by atoms with Gasteiger partial charge in [0.05, 0.1) is 5.56 Å². The van der Waals surface area contributed by atoms with Crippen LogP contribution in [0.5, 0.6) is 0 Å². The van der Waals surface area contributed by atoms with E-state index in [1.807, 2.05) is 60.4 Å². The topological polar surface area (TPSA) is 25.2 Å². The lowest BCUT2D eigenvalue weighted by Gasteiger charge is -2.16. The van der Waals surface area contributed by atoms with E-state index >= 15 is 0 Å². The predicted molar refractivity (Wildman–Crippen MR) is 64.6 cm³/mol. The average molecular weight is 214 g/mol. The number of aromatic nitrogens is 1. The molecule has 0 spiro atoms. The predicted octanol–water partition coefficient (Wildman–Crippen LogP) is 2.30. The summed E-state index contributed by atoms with van der Waals surface area (Å²) in [6.07, 6.45) is 3.69. The second kappa shape index (κ2) is 4.23. The minimum absolute atomic E-state index is 0.00630. The van der Waals surface area contributed by atoms with Crippen LogP contribution in [0.15, 0.2) is 48.8 Å². The zero-order chi connectivity index (χ0) is 11.5. The van der Waals surface area contributed by atoms with Gasteiger partial charge in [0, 0.05) is 32.2 Å². The molecule has 0 aliphatic rings. The monoisotopic (exact) mass is 214 g/mol. The number of anilines is 1. The molecule has 2 rings (SSSR count). The first-order chi connectivity index (χ1) is 7.68. The van der Waals surface area contributed by atoms with Crippen LogP contribution in [0.25, 0.3) is 0 Å². The Kier molecular flexibility index (Phi) is 2.77. The molecule has 0 bridgehead atoms. The molecule has 16 heavy (non-hydrogen) atoms. The van der Waals surface area contributed by atoms with Crippen molar-refractivity contribution in [3.05, 3.63) is 54.4 Å². The number of benzene rings is 1. The van der Waals surface area contributed by atoms with Crippen LogP contribution in [0, 0.1) is 0 Å². The average Bonchev–Trinajstić information content (AvgIpc) is 2.75. The Balaban J connectivity index is 2.23. The third-order valence-electron chi connectivity index (χ3n) is 2.53. The SMILES string of the molecule is CN(C(=O)c1ccn(C)c1)c1ccccc1. The molecule has 0 saturated carbocycles. The highest BCUT2D eigenvalue weighted by atomic mass is 16.2. The molecule has 0 aliphatic carbocycles. The summed E-state index contributed by atoms with van der Waals surface area (Å²) < 4.78 is 1.87. The summed E-state index contributed by atoms with van der Waals surface area (Å²) in [7, 11) is 3.68. The van der Waals surface area contributed by atoms with Crippen LogP contribution < -0.4 is 4.90 Å². The van der Waals surface area contributed by atoms with Gasteiger partial charge in [0.2, 0.25) is 0 Å². The van der Waals surface area contributed by atoms with Crippen LogP contribution in [0.4, 0.5) is 5.69 Å². The molecule has 0 unspecified atom stereocenters. The number of nitrogens with zero attached hydrogens (tertiary/aromatic N) is 2. The summed E-state index contributed by atoms with van der Waals surface area (Å²) in [5.41, 5.74) is 1.60. The van der Waals surface area contributed by atoms with Crippen molar-refractivity contribution in [2.45, 2.75) is 0 Å². The number of hydrogen-bond donors (Lipinski definition) is 0. The highest BCUT2D eigenvalue weighted by Gasteiger charge is 2.13. The molecule has 1 amide bonds. The molecule has 0 radical (unpaired) electrons. The number of carbonyl (C=O) groups is 1. The minimum atomic E-state index is 0.00630. The first kappa shape index (κ1) is 10.5. The molecule has 1 heterocycles. The molecule has 0 fully saturated rings. The van der Waals surface area contributed by atoms with Crippen molar-refractivity contribution < 1.29 is 4.79 Å². The lowest BCUT2D eigenvalue weighted by molar-refractivity contribution is 0.0993. The normalized spacial score (nSPS) is 10.1. The van der Waals surface area contributed by atoms with Gasteiger partial charge in [-0.3, -0.25) is 4.79 Å². The van der Waals surface area contributed by atoms with E-state index in [2.05, 4.69) is 0 Å². The number of rotatable bonds is 2. The van der Waals surface area contributed by atoms with Gasteiger partial charge in [0.15, 0.2) is 0 Å². The molecule has 1 aromatic carbocycles. The zero-order valence-corrected chi connectivity index (χ0v) is 9.42. The molecule has 3 nitrogen and oxygen atoms in total. The first-order valence-corrected chi connectivity index (χ1v) is 5.13. The van der Waals surface area contributed by atoms with Crippen LogP contribution in [0.1, 0.15) is 10.4 Å². The van der Waals surface area contributed by atoms with Crippen molar-refractivity contribution in [3.63, 3.8) is 0 Å². The summed E-state index contributed by atoms with van der Waals surface area (Å²) in [6.45, 7) is 0. The van der Waals surface area contributed by atoms with Crippen molar-refractivity contribution in [1.29, 1.82) is 0 Å². The van der Waals surface area contributed by atoms with Gasteiger partial charge >= 0.3 is 0 Å². The van der Waals surface area contributed by atoms with Gasteiger partial charge in [-0.05, 0) is 18.2 Å². The molecular weight excluding hydrogens is 200 g/mol. The maximum absolute atomic E-state index is 12.1. The van der Waals surface area contributed by atoms with E-state index in [9.17, 15) is 4.79 Å². The van der Waals surface area contributed by atoms with Crippen LogP contribution >= 0.6 is 0 Å². The molecule has 0 saturated heterocycles. The van der Waals surface area contributed by atoms with Crippen LogP contribution in [-0.4, -0.2) is 17.5 Å². The maximum atomic E-state index is 12.1. The Hall–Kier alpha value is -2.03. The fourth-order valence-corrected chi connectivity index (χ4v) is 1.59. The highest BCUT2D eigenvalue weighted by Crippen LogP contribution is 2.14. The molecule has 0 N–H and O–H groups in total. The number of para-hydroxylation sites is 1. The third kappa shape index (κ3) is 1.98. The quantitative estimate of drug-likeness (QED) is 0.753. The Bertz CT molecular complexity index is 488. The molecule has 0 atom stereocenters. The van der Waals surface area contributed by atoms with Gasteiger partial charge in [-0.25, -0.2) is 0 Å². The first-order valence-electron chi connectivity index (χ1n) is 5.13. The van der Waals surface area contributed by atoms with Gasteiger partial charge in [0.1, 0.15) is 0 Å². The second-order valence-corrected chi connectivity index (χ2v) is 3.77. The zero-order valence-electron chi connectivity index (χ0n) is 9.42. The van der Waals surface area contributed by atoms with Crippen LogP contribution in [0.2, 0.25) is 0 Å². The van der Waals surface area contributed by atoms with Gasteiger partial charge in [-0.1, -0.05) is 18.2 Å². The largest absolute Gasteiger partial charge is 0.356 e. The summed E-state index contributed by atoms with van der Waals surface area (Å²) in [6, 6.07) is 11.4. The van der Waals surface area contributed by atoms with Crippen molar-refractivity contribution in [2.75, 3.05) is 11.9 Å². The van der Waals surface area contributed by atoms with Gasteiger partial charge in [-0.15, -0.1) is 0 Å². The molecule has 82 valence electrons. The summed E-state index contributed by atoms with van der Waals surface area (Å²) in [5, 5.41) is 0. The van der Waals surface area contributed by atoms with E-state index in [4.69, 9.17) is 0 Å². The summed E-state index contributed by atoms with van der Waals surface area (Å²) >= 11 is 0. The number of aryl methyl sites for hydroxylation is 1. The van der Waals surface area contributed by atoms with Crippen LogP contribution in [-0.2, 0) is 7.05 Å². The van der Waals surface area contributed by atoms with Crippen molar-refractivity contribution >= 4 is 11.6 Å². The Morgan fingerprint density at radius 1 is 1.19 bits per heavy atom. The van der Waals surface area contributed by atoms with E-state index < -0.39 is 0 Å². The molecule has 3 heteroatoms. The van der Waals surface area contributed by atoms with E-state index in [1.165, 1.54) is 0 Å². The molecule has 1 aromatic heterocycles. The summed E-state index contributed by atoms with van der Waals surface area (Å²) in [4.78, 5) is 13.7. The maximum Gasteiger partial charge on any atom is 0.259 e. The number of amides is 1. The standard InChI is InChI=1S/C13H14N2O/c1-14-9-8-11(10-14)13(16)15(2)12-6-4-3-5-7-12/h3-10H,1-2H3. The number of carbonyl (C=O) groups excluding carboxylic acids is 1. The Labute approximate surface area is 94.9 Å². The van der Waals surface area contributed by atoms with Crippen molar-refractivity contribution in [2.24, 2.45) is 7.05 Å². The second-order valence-electron chi connectivity index (χ2n) is 3.77. The van der Waals surface area contributed by atoms with E-state index in [0.29, 0.717) is 5.56 Å². The summed E-state index contributed by atoms with van der Waals surface area (Å²) in [5.74, 6) is 0.00630. The van der Waals surface area contributed by atoms with Gasteiger partial charge in [-0.2, -0.15) is 0 Å². The van der Waals surface area contributed by atoms with E-state index in [1.54, 1.807) is 11.9 Å². The van der Waals surface area contributed by atoms with Crippen molar-refractivity contribution in [1.82, 2.24) is 4.57 Å². The number of hydrogen-bond acceptors (Lipinski definition) is 1. The van der Waals surface area contributed by atoms with E-state index in [-0.39, 0.29) is 5.91 Å². The lowest BCUT2D eigenvalue weighted by Crippen LogP contribution is -2.25. The lowest BCUT2D eigenvalue weighted by atomic mass is 10.2. The minimum Gasteiger partial charge on any atom is -0.356 e.